The first-order valence-corrected chi connectivity index (χ1v) is 5.09. The lowest BCUT2D eigenvalue weighted by Crippen LogP contribution is -2.10. The van der Waals surface area contributed by atoms with Crippen LogP contribution in [0.1, 0.15) is 17.2 Å². The topological polar surface area (TPSA) is 53.1 Å². The van der Waals surface area contributed by atoms with Crippen LogP contribution in [0.15, 0.2) is 36.7 Å². The van der Waals surface area contributed by atoms with Crippen molar-refractivity contribution in [3.05, 3.63) is 47.8 Å². The summed E-state index contributed by atoms with van der Waals surface area (Å²) < 4.78 is 6.85. The number of hydrogen-bond acceptors (Lipinski definition) is 3. The average molecular weight is 217 g/mol. The number of benzene rings is 1. The van der Waals surface area contributed by atoms with E-state index in [-0.39, 0.29) is 6.04 Å². The Bertz CT molecular complexity index is 461. The van der Waals surface area contributed by atoms with Crippen LogP contribution in [0.3, 0.4) is 0 Å². The standard InChI is InChI=1S/C12H15N3O/c1-15-8-10(7-14-15)12(13)9-3-5-11(16-2)6-4-9/h3-8,12H,13H2,1-2H3. The fourth-order valence-corrected chi connectivity index (χ4v) is 1.60. The Morgan fingerprint density at radius 1 is 1.25 bits per heavy atom. The van der Waals surface area contributed by atoms with Gasteiger partial charge in [0, 0.05) is 18.8 Å². The van der Waals surface area contributed by atoms with E-state index in [0.29, 0.717) is 0 Å². The van der Waals surface area contributed by atoms with Gasteiger partial charge < -0.3 is 10.5 Å². The largest absolute Gasteiger partial charge is 0.497 e. The molecule has 2 N–H and O–H groups in total. The minimum Gasteiger partial charge on any atom is -0.497 e. The van der Waals surface area contributed by atoms with E-state index in [2.05, 4.69) is 5.10 Å². The smallest absolute Gasteiger partial charge is 0.118 e. The Labute approximate surface area is 94.6 Å². The second kappa shape index (κ2) is 4.37. The summed E-state index contributed by atoms with van der Waals surface area (Å²) >= 11 is 0. The van der Waals surface area contributed by atoms with Crippen LogP contribution in [-0.2, 0) is 7.05 Å². The molecule has 0 saturated heterocycles. The van der Waals surface area contributed by atoms with Crippen molar-refractivity contribution in [3.8, 4) is 5.75 Å². The van der Waals surface area contributed by atoms with E-state index in [1.165, 1.54) is 0 Å². The number of nitrogens with two attached hydrogens (primary N) is 1. The Balaban J connectivity index is 2.23. The van der Waals surface area contributed by atoms with Crippen LogP contribution in [0.2, 0.25) is 0 Å². The summed E-state index contributed by atoms with van der Waals surface area (Å²) in [6.07, 6.45) is 3.71. The lowest BCUT2D eigenvalue weighted by atomic mass is 10.0. The van der Waals surface area contributed by atoms with Gasteiger partial charge in [-0.2, -0.15) is 5.10 Å². The summed E-state index contributed by atoms with van der Waals surface area (Å²) in [5.41, 5.74) is 8.18. The molecular formula is C12H15N3O. The Morgan fingerprint density at radius 2 is 1.94 bits per heavy atom. The molecule has 1 aromatic carbocycles. The molecular weight excluding hydrogens is 202 g/mol. The van der Waals surface area contributed by atoms with Gasteiger partial charge >= 0.3 is 0 Å². The molecule has 0 saturated carbocycles. The first kappa shape index (κ1) is 10.7. The summed E-state index contributed by atoms with van der Waals surface area (Å²) in [5, 5.41) is 4.11. The van der Waals surface area contributed by atoms with Crippen molar-refractivity contribution in [2.45, 2.75) is 6.04 Å². The Morgan fingerprint density at radius 3 is 2.44 bits per heavy atom. The molecule has 4 nitrogen and oxygen atoms in total. The fraction of sp³-hybridized carbons (Fsp3) is 0.250. The van der Waals surface area contributed by atoms with Gasteiger partial charge in [-0.15, -0.1) is 0 Å². The molecule has 0 amide bonds. The molecule has 2 rings (SSSR count). The number of nitrogens with zero attached hydrogens (tertiary/aromatic N) is 2. The van der Waals surface area contributed by atoms with E-state index >= 15 is 0 Å². The van der Waals surface area contributed by atoms with Crippen molar-refractivity contribution in [1.82, 2.24) is 9.78 Å². The Kier molecular flexibility index (Phi) is 2.92. The number of rotatable bonds is 3. The van der Waals surface area contributed by atoms with Crippen molar-refractivity contribution < 1.29 is 4.74 Å². The predicted molar refractivity (Wildman–Crippen MR) is 62.2 cm³/mol. The lowest BCUT2D eigenvalue weighted by molar-refractivity contribution is 0.414. The van der Waals surface area contributed by atoms with Crippen LogP contribution in [0.5, 0.6) is 5.75 Å². The van der Waals surface area contributed by atoms with E-state index < -0.39 is 0 Å². The average Bonchev–Trinajstić information content (AvgIpc) is 2.75. The van der Waals surface area contributed by atoms with Crippen LogP contribution in [0, 0.1) is 0 Å². The highest BCUT2D eigenvalue weighted by Gasteiger charge is 2.10. The van der Waals surface area contributed by atoms with Gasteiger partial charge in [0.25, 0.3) is 0 Å². The molecule has 0 radical (unpaired) electrons. The van der Waals surface area contributed by atoms with Crippen LogP contribution < -0.4 is 10.5 Å². The number of methoxy groups -OCH3 is 1. The molecule has 0 spiro atoms. The zero-order valence-electron chi connectivity index (χ0n) is 9.42. The van der Waals surface area contributed by atoms with Crippen LogP contribution in [-0.4, -0.2) is 16.9 Å². The lowest BCUT2D eigenvalue weighted by Gasteiger charge is -2.10. The van der Waals surface area contributed by atoms with Crippen LogP contribution in [0.4, 0.5) is 0 Å². The molecule has 0 aliphatic carbocycles. The third-order valence-electron chi connectivity index (χ3n) is 2.56. The Hall–Kier alpha value is -1.81. The minimum atomic E-state index is -0.139. The van der Waals surface area contributed by atoms with Gasteiger partial charge in [-0.05, 0) is 17.7 Å². The summed E-state index contributed by atoms with van der Waals surface area (Å²) in [6, 6.07) is 7.61. The maximum absolute atomic E-state index is 6.13. The zero-order valence-corrected chi connectivity index (χ0v) is 9.42. The summed E-state index contributed by atoms with van der Waals surface area (Å²) in [5.74, 6) is 0.835. The highest BCUT2D eigenvalue weighted by Crippen LogP contribution is 2.21. The summed E-state index contributed by atoms with van der Waals surface area (Å²) in [6.45, 7) is 0. The number of aryl methyl sites for hydroxylation is 1. The van der Waals surface area contributed by atoms with Crippen LogP contribution in [0.25, 0.3) is 0 Å². The van der Waals surface area contributed by atoms with E-state index in [0.717, 1.165) is 16.9 Å². The van der Waals surface area contributed by atoms with Gasteiger partial charge in [0.05, 0.1) is 19.3 Å². The summed E-state index contributed by atoms with van der Waals surface area (Å²) in [7, 11) is 3.53. The van der Waals surface area contributed by atoms with Gasteiger partial charge in [0.2, 0.25) is 0 Å². The quantitative estimate of drug-likeness (QED) is 0.847. The number of aromatic nitrogens is 2. The van der Waals surface area contributed by atoms with E-state index in [9.17, 15) is 0 Å². The molecule has 1 unspecified atom stereocenters. The second-order valence-corrected chi connectivity index (χ2v) is 3.70. The van der Waals surface area contributed by atoms with Gasteiger partial charge in [-0.3, -0.25) is 4.68 Å². The SMILES string of the molecule is COc1ccc(C(N)c2cnn(C)c2)cc1. The minimum absolute atomic E-state index is 0.139. The first-order chi connectivity index (χ1) is 7.70. The highest BCUT2D eigenvalue weighted by molar-refractivity contribution is 5.33. The molecule has 1 atom stereocenters. The van der Waals surface area contributed by atoms with Gasteiger partial charge in [-0.1, -0.05) is 12.1 Å². The maximum atomic E-state index is 6.13. The molecule has 4 heteroatoms. The predicted octanol–water partition coefficient (Wildman–Crippen LogP) is 1.48. The van der Waals surface area contributed by atoms with Crippen molar-refractivity contribution in [3.63, 3.8) is 0 Å². The fourth-order valence-electron chi connectivity index (χ4n) is 1.60. The van der Waals surface area contributed by atoms with Gasteiger partial charge in [0.1, 0.15) is 5.75 Å². The molecule has 0 aliphatic rings. The maximum Gasteiger partial charge on any atom is 0.118 e. The second-order valence-electron chi connectivity index (χ2n) is 3.70. The van der Waals surface area contributed by atoms with Crippen molar-refractivity contribution in [1.29, 1.82) is 0 Å². The van der Waals surface area contributed by atoms with Crippen molar-refractivity contribution in [2.24, 2.45) is 12.8 Å². The third kappa shape index (κ3) is 2.06. The molecule has 16 heavy (non-hydrogen) atoms. The summed E-state index contributed by atoms with van der Waals surface area (Å²) in [4.78, 5) is 0. The molecule has 1 aromatic heterocycles. The molecule has 0 bridgehead atoms. The zero-order chi connectivity index (χ0) is 11.5. The van der Waals surface area contributed by atoms with Gasteiger partial charge in [-0.25, -0.2) is 0 Å². The molecule has 0 aliphatic heterocycles. The number of ether oxygens (including phenoxy) is 1. The molecule has 2 aromatic rings. The first-order valence-electron chi connectivity index (χ1n) is 5.09. The number of hydrogen-bond donors (Lipinski definition) is 1. The van der Waals surface area contributed by atoms with E-state index in [1.54, 1.807) is 18.0 Å². The van der Waals surface area contributed by atoms with Crippen molar-refractivity contribution >= 4 is 0 Å². The molecule has 1 heterocycles. The molecule has 0 fully saturated rings. The van der Waals surface area contributed by atoms with Gasteiger partial charge in [0.15, 0.2) is 0 Å². The van der Waals surface area contributed by atoms with E-state index in [4.69, 9.17) is 10.5 Å². The normalized spacial score (nSPS) is 12.4. The highest BCUT2D eigenvalue weighted by atomic mass is 16.5. The van der Waals surface area contributed by atoms with Crippen molar-refractivity contribution in [2.75, 3.05) is 7.11 Å². The van der Waals surface area contributed by atoms with E-state index in [1.807, 2.05) is 37.5 Å². The third-order valence-corrected chi connectivity index (χ3v) is 2.56. The monoisotopic (exact) mass is 217 g/mol. The molecule has 84 valence electrons. The van der Waals surface area contributed by atoms with Crippen LogP contribution >= 0.6 is 0 Å².